The molecule has 0 saturated carbocycles. The minimum absolute atomic E-state index is 0.366. The van der Waals surface area contributed by atoms with E-state index in [1.807, 2.05) is 0 Å². The number of hydrogen-bond donors (Lipinski definition) is 0. The third kappa shape index (κ3) is 7.04. The third-order valence-corrected chi connectivity index (χ3v) is 5.15. The summed E-state index contributed by atoms with van der Waals surface area (Å²) in [6.45, 7) is 7.42. The number of sulfone groups is 1. The van der Waals surface area contributed by atoms with Crippen LogP contribution in [-0.4, -0.2) is 44.5 Å². The second kappa shape index (κ2) is 7.37. The number of likely N-dealkylation sites (tertiary alicyclic amines) is 1. The zero-order chi connectivity index (χ0) is 12.7. The number of nitrogens with zero attached hydrogens (tertiary/aromatic N) is 1. The number of piperidine rings is 1. The third-order valence-electron chi connectivity index (χ3n) is 3.38. The molecule has 0 N–H and O–H groups in total. The minimum atomic E-state index is -2.80. The van der Waals surface area contributed by atoms with Gasteiger partial charge in [0.15, 0.2) is 0 Å². The fourth-order valence-corrected chi connectivity index (χ4v) is 3.81. The Morgan fingerprint density at radius 2 is 1.71 bits per heavy atom. The van der Waals surface area contributed by atoms with Gasteiger partial charge < -0.3 is 4.90 Å². The van der Waals surface area contributed by atoms with Gasteiger partial charge in [-0.05, 0) is 51.2 Å². The van der Waals surface area contributed by atoms with E-state index in [9.17, 15) is 8.42 Å². The van der Waals surface area contributed by atoms with E-state index in [1.54, 1.807) is 0 Å². The van der Waals surface area contributed by atoms with Gasteiger partial charge in [-0.25, -0.2) is 8.42 Å². The summed E-state index contributed by atoms with van der Waals surface area (Å²) < 4.78 is 23.5. The Labute approximate surface area is 106 Å². The van der Waals surface area contributed by atoms with Crippen LogP contribution in [0.5, 0.6) is 0 Å². The van der Waals surface area contributed by atoms with E-state index >= 15 is 0 Å². The molecule has 102 valence electrons. The molecule has 0 aromatic heterocycles. The van der Waals surface area contributed by atoms with E-state index in [-0.39, 0.29) is 0 Å². The van der Waals surface area contributed by atoms with Crippen molar-refractivity contribution in [1.29, 1.82) is 0 Å². The fourth-order valence-electron chi connectivity index (χ4n) is 2.21. The quantitative estimate of drug-likeness (QED) is 0.706. The summed E-state index contributed by atoms with van der Waals surface area (Å²) in [5.41, 5.74) is 0. The van der Waals surface area contributed by atoms with Crippen molar-refractivity contribution in [3.8, 4) is 0 Å². The first-order valence-electron chi connectivity index (χ1n) is 6.92. The molecule has 0 bridgehead atoms. The van der Waals surface area contributed by atoms with E-state index in [1.165, 1.54) is 19.3 Å². The van der Waals surface area contributed by atoms with Crippen LogP contribution in [0, 0.1) is 5.92 Å². The van der Waals surface area contributed by atoms with Gasteiger partial charge in [-0.3, -0.25) is 0 Å². The van der Waals surface area contributed by atoms with Crippen LogP contribution in [0.1, 0.15) is 46.0 Å². The van der Waals surface area contributed by atoms with Crippen LogP contribution in [0.25, 0.3) is 0 Å². The van der Waals surface area contributed by atoms with Crippen molar-refractivity contribution in [2.24, 2.45) is 5.92 Å². The SMILES string of the molecule is CC(C)CCS(=O)(=O)CCCN1CCCCC1. The Morgan fingerprint density at radius 3 is 2.29 bits per heavy atom. The summed E-state index contributed by atoms with van der Waals surface area (Å²) in [5, 5.41) is 0. The van der Waals surface area contributed by atoms with E-state index in [0.717, 1.165) is 32.5 Å². The maximum absolute atomic E-state index is 11.8. The highest BCUT2D eigenvalue weighted by atomic mass is 32.2. The topological polar surface area (TPSA) is 37.4 Å². The van der Waals surface area contributed by atoms with E-state index in [0.29, 0.717) is 17.4 Å². The van der Waals surface area contributed by atoms with Crippen molar-refractivity contribution < 1.29 is 8.42 Å². The first kappa shape index (κ1) is 15.0. The molecule has 1 fully saturated rings. The predicted octanol–water partition coefficient (Wildman–Crippen LogP) is 2.32. The van der Waals surface area contributed by atoms with Crippen LogP contribution < -0.4 is 0 Å². The Hall–Kier alpha value is -0.0900. The number of rotatable bonds is 7. The first-order chi connectivity index (χ1) is 7.99. The van der Waals surface area contributed by atoms with Crippen LogP contribution in [0.4, 0.5) is 0 Å². The largest absolute Gasteiger partial charge is 0.303 e. The molecule has 1 heterocycles. The summed E-state index contributed by atoms with van der Waals surface area (Å²) in [6.07, 6.45) is 5.50. The van der Waals surface area contributed by atoms with Gasteiger partial charge in [0, 0.05) is 0 Å². The Kier molecular flexibility index (Phi) is 6.49. The molecule has 0 amide bonds. The lowest BCUT2D eigenvalue weighted by Crippen LogP contribution is -2.31. The van der Waals surface area contributed by atoms with Gasteiger partial charge in [0.05, 0.1) is 11.5 Å². The lowest BCUT2D eigenvalue weighted by molar-refractivity contribution is 0.229. The molecule has 4 heteroatoms. The van der Waals surface area contributed by atoms with Crippen LogP contribution in [0.15, 0.2) is 0 Å². The monoisotopic (exact) mass is 261 g/mol. The predicted molar refractivity (Wildman–Crippen MR) is 73.0 cm³/mol. The van der Waals surface area contributed by atoms with Crippen molar-refractivity contribution in [2.45, 2.75) is 46.0 Å². The molecule has 0 aliphatic carbocycles. The molecule has 0 unspecified atom stereocenters. The molecule has 0 spiro atoms. The maximum atomic E-state index is 11.8. The van der Waals surface area contributed by atoms with E-state index in [4.69, 9.17) is 0 Å². The first-order valence-corrected chi connectivity index (χ1v) is 8.74. The highest BCUT2D eigenvalue weighted by molar-refractivity contribution is 7.91. The second-order valence-corrected chi connectivity index (χ2v) is 7.89. The standard InChI is InChI=1S/C13H27NO2S/c1-13(2)7-12-17(15,16)11-6-10-14-8-4-3-5-9-14/h13H,3-12H2,1-2H3. The van der Waals surface area contributed by atoms with Gasteiger partial charge in [0.2, 0.25) is 0 Å². The maximum Gasteiger partial charge on any atom is 0.150 e. The van der Waals surface area contributed by atoms with Gasteiger partial charge in [-0.2, -0.15) is 0 Å². The smallest absolute Gasteiger partial charge is 0.150 e. The molecule has 0 aromatic carbocycles. The Balaban J connectivity index is 2.15. The zero-order valence-corrected chi connectivity index (χ0v) is 12.1. The molecule has 0 aromatic rings. The second-order valence-electron chi connectivity index (χ2n) is 5.59. The summed E-state index contributed by atoms with van der Waals surface area (Å²) in [4.78, 5) is 2.40. The van der Waals surface area contributed by atoms with Gasteiger partial charge in [-0.1, -0.05) is 20.3 Å². The van der Waals surface area contributed by atoms with Gasteiger partial charge in [0.1, 0.15) is 9.84 Å². The Bertz CT molecular complexity index is 293. The molecule has 1 aliphatic heterocycles. The van der Waals surface area contributed by atoms with Crippen LogP contribution in [0.2, 0.25) is 0 Å². The van der Waals surface area contributed by atoms with Crippen molar-refractivity contribution in [3.63, 3.8) is 0 Å². The van der Waals surface area contributed by atoms with Crippen LogP contribution in [0.3, 0.4) is 0 Å². The summed E-state index contributed by atoms with van der Waals surface area (Å²) in [6, 6.07) is 0. The lowest BCUT2D eigenvalue weighted by atomic mass is 10.1. The molecule has 0 radical (unpaired) electrons. The summed E-state index contributed by atoms with van der Waals surface area (Å²) in [5.74, 6) is 1.22. The van der Waals surface area contributed by atoms with E-state index in [2.05, 4.69) is 18.7 Å². The van der Waals surface area contributed by atoms with Crippen molar-refractivity contribution >= 4 is 9.84 Å². The molecule has 1 rings (SSSR count). The summed E-state index contributed by atoms with van der Waals surface area (Å²) >= 11 is 0. The molecular formula is C13H27NO2S. The average molecular weight is 261 g/mol. The van der Waals surface area contributed by atoms with Crippen molar-refractivity contribution in [2.75, 3.05) is 31.1 Å². The lowest BCUT2D eigenvalue weighted by Gasteiger charge is -2.26. The van der Waals surface area contributed by atoms with Crippen molar-refractivity contribution in [3.05, 3.63) is 0 Å². The minimum Gasteiger partial charge on any atom is -0.303 e. The van der Waals surface area contributed by atoms with Gasteiger partial charge in [-0.15, -0.1) is 0 Å². The van der Waals surface area contributed by atoms with Crippen LogP contribution >= 0.6 is 0 Å². The molecule has 1 saturated heterocycles. The molecule has 1 aliphatic rings. The van der Waals surface area contributed by atoms with Crippen LogP contribution in [-0.2, 0) is 9.84 Å². The molecule has 3 nitrogen and oxygen atoms in total. The highest BCUT2D eigenvalue weighted by Gasteiger charge is 2.14. The highest BCUT2D eigenvalue weighted by Crippen LogP contribution is 2.10. The Morgan fingerprint density at radius 1 is 1.06 bits per heavy atom. The van der Waals surface area contributed by atoms with Crippen molar-refractivity contribution in [1.82, 2.24) is 4.90 Å². The zero-order valence-electron chi connectivity index (χ0n) is 11.3. The molecule has 0 atom stereocenters. The molecular weight excluding hydrogens is 234 g/mol. The van der Waals surface area contributed by atoms with E-state index < -0.39 is 9.84 Å². The fraction of sp³-hybridized carbons (Fsp3) is 1.00. The van der Waals surface area contributed by atoms with Gasteiger partial charge in [0.25, 0.3) is 0 Å². The normalized spacial score (nSPS) is 18.8. The van der Waals surface area contributed by atoms with Gasteiger partial charge >= 0.3 is 0 Å². The summed E-state index contributed by atoms with van der Waals surface area (Å²) in [7, 11) is -2.80. The number of hydrogen-bond acceptors (Lipinski definition) is 3. The average Bonchev–Trinajstić information content (AvgIpc) is 2.28. The molecule has 17 heavy (non-hydrogen) atoms.